The van der Waals surface area contributed by atoms with Gasteiger partial charge in [-0.1, -0.05) is 29.3 Å². The second-order valence-corrected chi connectivity index (χ2v) is 4.60. The Morgan fingerprint density at radius 2 is 1.84 bits per heavy atom. The molecular formula is C12H15Cl2N3O2. The standard InChI is InChI=1S/C12H15Cl2N3O2/c1-8(18)15-6-3-7-16-12(19)17-10-5-2-4-9(13)11(10)14/h2,4-5H,3,6-7H2,1H3,(H,15,18)(H2,16,17,19). The van der Waals surface area contributed by atoms with E-state index in [1.807, 2.05) is 0 Å². The van der Waals surface area contributed by atoms with Crippen LogP contribution in [0.15, 0.2) is 18.2 Å². The molecule has 0 aromatic heterocycles. The normalized spacial score (nSPS) is 9.84. The number of carbonyl (C=O) groups is 2. The molecular weight excluding hydrogens is 289 g/mol. The van der Waals surface area contributed by atoms with E-state index in [9.17, 15) is 9.59 Å². The molecule has 0 fully saturated rings. The lowest BCUT2D eigenvalue weighted by Crippen LogP contribution is -2.32. The summed E-state index contributed by atoms with van der Waals surface area (Å²) in [5.41, 5.74) is 0.452. The summed E-state index contributed by atoms with van der Waals surface area (Å²) in [6.07, 6.45) is 0.649. The first-order chi connectivity index (χ1) is 9.00. The molecule has 0 spiro atoms. The fourth-order valence-corrected chi connectivity index (χ4v) is 1.67. The number of halogens is 2. The third-order valence-corrected chi connectivity index (χ3v) is 3.03. The summed E-state index contributed by atoms with van der Waals surface area (Å²) in [5.74, 6) is -0.0878. The van der Waals surface area contributed by atoms with Crippen molar-refractivity contribution in [2.75, 3.05) is 18.4 Å². The zero-order chi connectivity index (χ0) is 14.3. The van der Waals surface area contributed by atoms with Gasteiger partial charge in [-0.3, -0.25) is 4.79 Å². The van der Waals surface area contributed by atoms with Gasteiger partial charge in [0.15, 0.2) is 0 Å². The molecule has 5 nitrogen and oxygen atoms in total. The molecule has 0 aliphatic heterocycles. The molecule has 1 aromatic carbocycles. The maximum absolute atomic E-state index is 11.6. The topological polar surface area (TPSA) is 70.2 Å². The zero-order valence-corrected chi connectivity index (χ0v) is 11.9. The Kier molecular flexibility index (Phi) is 6.45. The van der Waals surface area contributed by atoms with E-state index in [4.69, 9.17) is 23.2 Å². The molecule has 0 atom stereocenters. The first-order valence-corrected chi connectivity index (χ1v) is 6.49. The van der Waals surface area contributed by atoms with E-state index in [1.54, 1.807) is 18.2 Å². The predicted octanol–water partition coefficient (Wildman–Crippen LogP) is 2.64. The Morgan fingerprint density at radius 1 is 1.16 bits per heavy atom. The molecule has 1 aromatic rings. The van der Waals surface area contributed by atoms with Gasteiger partial charge in [0.1, 0.15) is 0 Å². The van der Waals surface area contributed by atoms with Crippen LogP contribution in [0.4, 0.5) is 10.5 Å². The van der Waals surface area contributed by atoms with Crippen molar-refractivity contribution in [2.45, 2.75) is 13.3 Å². The Labute approximate surface area is 121 Å². The largest absolute Gasteiger partial charge is 0.356 e. The second-order valence-electron chi connectivity index (χ2n) is 3.82. The molecule has 0 aliphatic carbocycles. The van der Waals surface area contributed by atoms with Crippen LogP contribution in [0.3, 0.4) is 0 Å². The number of rotatable bonds is 5. The Balaban J connectivity index is 2.31. The number of urea groups is 1. The maximum atomic E-state index is 11.6. The minimum Gasteiger partial charge on any atom is -0.356 e. The maximum Gasteiger partial charge on any atom is 0.319 e. The summed E-state index contributed by atoms with van der Waals surface area (Å²) in [6.45, 7) is 2.42. The summed E-state index contributed by atoms with van der Waals surface area (Å²) in [6, 6.07) is 4.62. The number of anilines is 1. The average Bonchev–Trinajstić information content (AvgIpc) is 2.34. The van der Waals surface area contributed by atoms with E-state index in [-0.39, 0.29) is 11.9 Å². The van der Waals surface area contributed by atoms with Crippen LogP contribution >= 0.6 is 23.2 Å². The van der Waals surface area contributed by atoms with Gasteiger partial charge in [0.2, 0.25) is 5.91 Å². The highest BCUT2D eigenvalue weighted by Gasteiger charge is 2.07. The molecule has 0 aliphatic rings. The van der Waals surface area contributed by atoms with Gasteiger partial charge >= 0.3 is 6.03 Å². The minimum absolute atomic E-state index is 0.0878. The van der Waals surface area contributed by atoms with E-state index >= 15 is 0 Å². The fourth-order valence-electron chi connectivity index (χ4n) is 1.32. The van der Waals surface area contributed by atoms with E-state index in [2.05, 4.69) is 16.0 Å². The van der Waals surface area contributed by atoms with Crippen molar-refractivity contribution in [3.05, 3.63) is 28.2 Å². The van der Waals surface area contributed by atoms with Crippen LogP contribution in [0.5, 0.6) is 0 Å². The van der Waals surface area contributed by atoms with Crippen molar-refractivity contribution in [1.29, 1.82) is 0 Å². The van der Waals surface area contributed by atoms with Crippen molar-refractivity contribution in [1.82, 2.24) is 10.6 Å². The third kappa shape index (κ3) is 5.81. The van der Waals surface area contributed by atoms with E-state index in [0.717, 1.165) is 0 Å². The monoisotopic (exact) mass is 303 g/mol. The van der Waals surface area contributed by atoms with Gasteiger partial charge < -0.3 is 16.0 Å². The molecule has 0 unspecified atom stereocenters. The smallest absolute Gasteiger partial charge is 0.319 e. The van der Waals surface area contributed by atoms with E-state index in [1.165, 1.54) is 6.92 Å². The summed E-state index contributed by atoms with van der Waals surface area (Å²) in [4.78, 5) is 22.2. The minimum atomic E-state index is -0.369. The summed E-state index contributed by atoms with van der Waals surface area (Å²) < 4.78 is 0. The summed E-state index contributed by atoms with van der Waals surface area (Å²) in [5, 5.41) is 8.56. The molecule has 1 rings (SSSR count). The SMILES string of the molecule is CC(=O)NCCCNC(=O)Nc1cccc(Cl)c1Cl. The summed E-state index contributed by atoms with van der Waals surface area (Å²) in [7, 11) is 0. The number of hydrogen-bond acceptors (Lipinski definition) is 2. The Hall–Kier alpha value is -1.46. The lowest BCUT2D eigenvalue weighted by Gasteiger charge is -2.09. The van der Waals surface area contributed by atoms with Crippen LogP contribution in [0, 0.1) is 0 Å². The quantitative estimate of drug-likeness (QED) is 0.732. The predicted molar refractivity (Wildman–Crippen MR) is 76.8 cm³/mol. The second kappa shape index (κ2) is 7.86. The first kappa shape index (κ1) is 15.6. The molecule has 7 heteroatoms. The fraction of sp³-hybridized carbons (Fsp3) is 0.333. The first-order valence-electron chi connectivity index (χ1n) is 5.74. The van der Waals surface area contributed by atoms with Crippen molar-refractivity contribution >= 4 is 40.8 Å². The molecule has 3 amide bonds. The van der Waals surface area contributed by atoms with Crippen LogP contribution in [0.2, 0.25) is 10.0 Å². The van der Waals surface area contributed by atoms with Crippen molar-refractivity contribution in [3.63, 3.8) is 0 Å². The van der Waals surface area contributed by atoms with Crippen LogP contribution in [0.1, 0.15) is 13.3 Å². The molecule has 0 saturated carbocycles. The molecule has 0 radical (unpaired) electrons. The molecule has 0 saturated heterocycles. The Morgan fingerprint density at radius 3 is 2.53 bits per heavy atom. The van der Waals surface area contributed by atoms with Gasteiger partial charge in [0.25, 0.3) is 0 Å². The molecule has 19 heavy (non-hydrogen) atoms. The third-order valence-electron chi connectivity index (χ3n) is 2.21. The van der Waals surface area contributed by atoms with Gasteiger partial charge in [-0.15, -0.1) is 0 Å². The highest BCUT2D eigenvalue weighted by atomic mass is 35.5. The van der Waals surface area contributed by atoms with Gasteiger partial charge in [0.05, 0.1) is 15.7 Å². The van der Waals surface area contributed by atoms with Crippen molar-refractivity contribution in [3.8, 4) is 0 Å². The number of hydrogen-bond donors (Lipinski definition) is 3. The lowest BCUT2D eigenvalue weighted by molar-refractivity contribution is -0.118. The van der Waals surface area contributed by atoms with Crippen LogP contribution in [-0.4, -0.2) is 25.0 Å². The van der Waals surface area contributed by atoms with Crippen LogP contribution in [-0.2, 0) is 4.79 Å². The Bertz CT molecular complexity index is 466. The van der Waals surface area contributed by atoms with Gasteiger partial charge in [-0.05, 0) is 18.6 Å². The van der Waals surface area contributed by atoms with Crippen LogP contribution < -0.4 is 16.0 Å². The number of carbonyl (C=O) groups excluding carboxylic acids is 2. The number of benzene rings is 1. The highest BCUT2D eigenvalue weighted by molar-refractivity contribution is 6.43. The molecule has 3 N–H and O–H groups in total. The molecule has 0 bridgehead atoms. The van der Waals surface area contributed by atoms with Gasteiger partial charge in [-0.25, -0.2) is 4.79 Å². The average molecular weight is 304 g/mol. The lowest BCUT2D eigenvalue weighted by atomic mass is 10.3. The van der Waals surface area contributed by atoms with Crippen molar-refractivity contribution < 1.29 is 9.59 Å². The number of amides is 3. The van der Waals surface area contributed by atoms with Crippen molar-refractivity contribution in [2.24, 2.45) is 0 Å². The number of nitrogens with one attached hydrogen (secondary N) is 3. The van der Waals surface area contributed by atoms with Crippen LogP contribution in [0.25, 0.3) is 0 Å². The zero-order valence-electron chi connectivity index (χ0n) is 10.4. The highest BCUT2D eigenvalue weighted by Crippen LogP contribution is 2.29. The van der Waals surface area contributed by atoms with E-state index in [0.29, 0.717) is 35.2 Å². The molecule has 0 heterocycles. The van der Waals surface area contributed by atoms with E-state index < -0.39 is 0 Å². The van der Waals surface area contributed by atoms with Gasteiger partial charge in [-0.2, -0.15) is 0 Å². The molecule has 104 valence electrons. The summed E-state index contributed by atoms with van der Waals surface area (Å²) >= 11 is 11.8. The van der Waals surface area contributed by atoms with Gasteiger partial charge in [0, 0.05) is 20.0 Å².